The third kappa shape index (κ3) is 3.24. The van der Waals surface area contributed by atoms with Gasteiger partial charge >= 0.3 is 0 Å². The number of aryl methyl sites for hydroxylation is 1. The Bertz CT molecular complexity index is 634. The third-order valence-corrected chi connectivity index (χ3v) is 4.16. The maximum Gasteiger partial charge on any atom is 0.223 e. The molecule has 0 saturated carbocycles. The molecule has 0 heterocycles. The number of anilines is 1. The number of amides is 1. The highest BCUT2D eigenvalue weighted by Crippen LogP contribution is 2.25. The Morgan fingerprint density at radius 3 is 2.57 bits per heavy atom. The van der Waals surface area contributed by atoms with Crippen molar-refractivity contribution in [3.05, 3.63) is 65.2 Å². The molecular weight excluding hydrogens is 260 g/mol. The summed E-state index contributed by atoms with van der Waals surface area (Å²) in [6, 6.07) is 16.0. The van der Waals surface area contributed by atoms with Gasteiger partial charge in [0.05, 0.1) is 0 Å². The van der Waals surface area contributed by atoms with Crippen LogP contribution in [0.4, 0.5) is 5.69 Å². The molecular formula is C18H20N2O. The van der Waals surface area contributed by atoms with E-state index in [1.54, 1.807) is 0 Å². The zero-order valence-electron chi connectivity index (χ0n) is 12.0. The van der Waals surface area contributed by atoms with E-state index in [4.69, 9.17) is 5.73 Å². The summed E-state index contributed by atoms with van der Waals surface area (Å²) in [5.74, 6) is 0.245. The van der Waals surface area contributed by atoms with E-state index in [1.165, 1.54) is 11.1 Å². The summed E-state index contributed by atoms with van der Waals surface area (Å²) in [6.07, 6.45) is 2.78. The Kier molecular flexibility index (Phi) is 3.91. The van der Waals surface area contributed by atoms with Crippen molar-refractivity contribution in [3.8, 4) is 0 Å². The summed E-state index contributed by atoms with van der Waals surface area (Å²) in [6.45, 7) is 0.567. The van der Waals surface area contributed by atoms with Gasteiger partial charge in [0.2, 0.25) is 5.91 Å². The molecule has 0 radical (unpaired) electrons. The maximum atomic E-state index is 12.3. The Morgan fingerprint density at radius 1 is 1.10 bits per heavy atom. The van der Waals surface area contributed by atoms with Crippen LogP contribution in [0.2, 0.25) is 0 Å². The van der Waals surface area contributed by atoms with Crippen LogP contribution in [-0.2, 0) is 24.2 Å². The van der Waals surface area contributed by atoms with E-state index in [2.05, 4.69) is 23.5 Å². The van der Waals surface area contributed by atoms with Gasteiger partial charge in [-0.25, -0.2) is 0 Å². The molecule has 0 aromatic heterocycles. The first-order chi connectivity index (χ1) is 10.2. The van der Waals surface area contributed by atoms with Gasteiger partial charge in [-0.05, 0) is 48.1 Å². The molecule has 2 aromatic rings. The number of rotatable bonds is 3. The second-order valence-electron chi connectivity index (χ2n) is 5.67. The lowest BCUT2D eigenvalue weighted by Crippen LogP contribution is -2.33. The number of hydrogen-bond acceptors (Lipinski definition) is 2. The largest absolute Gasteiger partial charge is 0.399 e. The summed E-state index contributed by atoms with van der Waals surface area (Å²) in [4.78, 5) is 12.3. The van der Waals surface area contributed by atoms with E-state index in [9.17, 15) is 4.79 Å². The van der Waals surface area contributed by atoms with E-state index in [-0.39, 0.29) is 11.8 Å². The van der Waals surface area contributed by atoms with Gasteiger partial charge < -0.3 is 11.1 Å². The first-order valence-corrected chi connectivity index (χ1v) is 7.41. The second kappa shape index (κ2) is 6.00. The van der Waals surface area contributed by atoms with E-state index in [0.29, 0.717) is 6.54 Å². The molecule has 3 nitrogen and oxygen atoms in total. The molecule has 1 aliphatic rings. The average Bonchev–Trinajstić information content (AvgIpc) is 2.53. The predicted octanol–water partition coefficient (Wildman–Crippen LogP) is 2.69. The molecule has 3 heteroatoms. The van der Waals surface area contributed by atoms with Gasteiger partial charge in [0, 0.05) is 18.2 Å². The molecule has 0 fully saturated rings. The van der Waals surface area contributed by atoms with Gasteiger partial charge in [0.15, 0.2) is 0 Å². The van der Waals surface area contributed by atoms with Crippen LogP contribution in [-0.4, -0.2) is 5.91 Å². The number of nitrogen functional groups attached to an aromatic ring is 1. The molecule has 3 rings (SSSR count). The fraction of sp³-hybridized carbons (Fsp3) is 0.278. The SMILES string of the molecule is Nc1ccc(CNC(=O)C2CCc3ccccc3C2)cc1. The topological polar surface area (TPSA) is 55.1 Å². The lowest BCUT2D eigenvalue weighted by Gasteiger charge is -2.23. The number of carbonyl (C=O) groups excluding carboxylic acids is 1. The Labute approximate surface area is 125 Å². The third-order valence-electron chi connectivity index (χ3n) is 4.16. The van der Waals surface area contributed by atoms with Gasteiger partial charge in [-0.2, -0.15) is 0 Å². The van der Waals surface area contributed by atoms with Gasteiger partial charge in [0.1, 0.15) is 0 Å². The molecule has 0 saturated heterocycles. The first kappa shape index (κ1) is 13.7. The molecule has 1 amide bonds. The Balaban J connectivity index is 1.58. The highest BCUT2D eigenvalue weighted by atomic mass is 16.1. The number of benzene rings is 2. The molecule has 2 aromatic carbocycles. The van der Waals surface area contributed by atoms with Crippen LogP contribution in [0.3, 0.4) is 0 Å². The minimum absolute atomic E-state index is 0.0914. The quantitative estimate of drug-likeness (QED) is 0.849. The first-order valence-electron chi connectivity index (χ1n) is 7.41. The van der Waals surface area contributed by atoms with Crippen LogP contribution in [0.25, 0.3) is 0 Å². The van der Waals surface area contributed by atoms with Crippen molar-refractivity contribution in [2.24, 2.45) is 5.92 Å². The molecule has 1 aliphatic carbocycles. The van der Waals surface area contributed by atoms with E-state index >= 15 is 0 Å². The minimum Gasteiger partial charge on any atom is -0.399 e. The number of fused-ring (bicyclic) bond motifs is 1. The van der Waals surface area contributed by atoms with Crippen LogP contribution < -0.4 is 11.1 Å². The van der Waals surface area contributed by atoms with Crippen molar-refractivity contribution in [2.45, 2.75) is 25.8 Å². The van der Waals surface area contributed by atoms with Crippen molar-refractivity contribution < 1.29 is 4.79 Å². The average molecular weight is 280 g/mol. The van der Waals surface area contributed by atoms with Gasteiger partial charge in [-0.3, -0.25) is 4.79 Å². The van der Waals surface area contributed by atoms with E-state index in [1.807, 2.05) is 30.3 Å². The Morgan fingerprint density at radius 2 is 1.81 bits per heavy atom. The van der Waals surface area contributed by atoms with Gasteiger partial charge in [0.25, 0.3) is 0 Å². The van der Waals surface area contributed by atoms with Crippen molar-refractivity contribution in [1.82, 2.24) is 5.32 Å². The summed E-state index contributed by atoms with van der Waals surface area (Å²) in [7, 11) is 0. The molecule has 0 aliphatic heterocycles. The van der Waals surface area contributed by atoms with E-state index < -0.39 is 0 Å². The van der Waals surface area contributed by atoms with Crippen LogP contribution >= 0.6 is 0 Å². The molecule has 3 N–H and O–H groups in total. The zero-order chi connectivity index (χ0) is 14.7. The lowest BCUT2D eigenvalue weighted by atomic mass is 9.83. The van der Waals surface area contributed by atoms with Gasteiger partial charge in [-0.1, -0.05) is 36.4 Å². The molecule has 0 spiro atoms. The molecule has 1 unspecified atom stereocenters. The summed E-state index contributed by atoms with van der Waals surface area (Å²) < 4.78 is 0. The fourth-order valence-corrected chi connectivity index (χ4v) is 2.89. The monoisotopic (exact) mass is 280 g/mol. The van der Waals surface area contributed by atoms with Crippen molar-refractivity contribution in [1.29, 1.82) is 0 Å². The number of nitrogens with two attached hydrogens (primary N) is 1. The van der Waals surface area contributed by atoms with E-state index in [0.717, 1.165) is 30.5 Å². The van der Waals surface area contributed by atoms with Gasteiger partial charge in [-0.15, -0.1) is 0 Å². The molecule has 0 bridgehead atoms. The van der Waals surface area contributed by atoms with Crippen LogP contribution in [0.15, 0.2) is 48.5 Å². The van der Waals surface area contributed by atoms with Crippen LogP contribution in [0.5, 0.6) is 0 Å². The van der Waals surface area contributed by atoms with Crippen molar-refractivity contribution in [2.75, 3.05) is 5.73 Å². The highest BCUT2D eigenvalue weighted by molar-refractivity contribution is 5.79. The van der Waals surface area contributed by atoms with Crippen LogP contribution in [0.1, 0.15) is 23.1 Å². The number of hydrogen-bond donors (Lipinski definition) is 2. The summed E-state index contributed by atoms with van der Waals surface area (Å²) in [5.41, 5.74) is 10.2. The standard InChI is InChI=1S/C18H20N2O/c19-17-9-5-13(6-10-17)12-20-18(21)16-8-7-14-3-1-2-4-15(14)11-16/h1-6,9-10,16H,7-8,11-12,19H2,(H,20,21). The molecule has 21 heavy (non-hydrogen) atoms. The summed E-state index contributed by atoms with van der Waals surface area (Å²) in [5, 5.41) is 3.04. The number of carbonyl (C=O) groups is 1. The smallest absolute Gasteiger partial charge is 0.223 e. The minimum atomic E-state index is 0.0914. The fourth-order valence-electron chi connectivity index (χ4n) is 2.89. The maximum absolute atomic E-state index is 12.3. The molecule has 108 valence electrons. The van der Waals surface area contributed by atoms with Crippen molar-refractivity contribution in [3.63, 3.8) is 0 Å². The zero-order valence-corrected chi connectivity index (χ0v) is 12.0. The predicted molar refractivity (Wildman–Crippen MR) is 84.7 cm³/mol. The van der Waals surface area contributed by atoms with Crippen LogP contribution in [0, 0.1) is 5.92 Å². The number of nitrogens with one attached hydrogen (secondary N) is 1. The van der Waals surface area contributed by atoms with Crippen molar-refractivity contribution >= 4 is 11.6 Å². The highest BCUT2D eigenvalue weighted by Gasteiger charge is 2.23. The second-order valence-corrected chi connectivity index (χ2v) is 5.67. The normalized spacial score (nSPS) is 17.0. The Hall–Kier alpha value is -2.29. The summed E-state index contributed by atoms with van der Waals surface area (Å²) >= 11 is 0. The molecule has 1 atom stereocenters. The lowest BCUT2D eigenvalue weighted by molar-refractivity contribution is -0.125.